The second-order valence-corrected chi connectivity index (χ2v) is 8.04. The van der Waals surface area contributed by atoms with E-state index in [1.807, 2.05) is 13.1 Å². The lowest BCUT2D eigenvalue weighted by molar-refractivity contribution is 0.393. The lowest BCUT2D eigenvalue weighted by atomic mass is 10.0. The number of fused-ring (bicyclic) bond motifs is 1. The molecule has 1 fully saturated rings. The van der Waals surface area contributed by atoms with Gasteiger partial charge in [0.2, 0.25) is 0 Å². The van der Waals surface area contributed by atoms with Crippen LogP contribution in [-0.2, 0) is 19.5 Å². The number of nitrogens with one attached hydrogen (secondary N) is 2. The van der Waals surface area contributed by atoms with Gasteiger partial charge in [-0.1, -0.05) is 0 Å². The molecular formula is C22H33N7O2. The summed E-state index contributed by atoms with van der Waals surface area (Å²) in [6.45, 7) is 3.57. The van der Waals surface area contributed by atoms with Crippen molar-refractivity contribution in [1.82, 2.24) is 25.4 Å². The van der Waals surface area contributed by atoms with E-state index in [1.54, 1.807) is 14.2 Å². The molecule has 31 heavy (non-hydrogen) atoms. The van der Waals surface area contributed by atoms with Crippen LogP contribution in [0, 0.1) is 0 Å². The summed E-state index contributed by atoms with van der Waals surface area (Å²) in [7, 11) is 5.18. The van der Waals surface area contributed by atoms with Crippen LogP contribution < -0.4 is 25.0 Å². The third kappa shape index (κ3) is 5.03. The average Bonchev–Trinajstić information content (AvgIpc) is 3.25. The molecule has 0 saturated carbocycles. The number of nitrogens with zero attached hydrogens (tertiary/aromatic N) is 5. The maximum absolute atomic E-state index is 5.41. The molecule has 3 heterocycles. The van der Waals surface area contributed by atoms with Crippen molar-refractivity contribution in [3.05, 3.63) is 29.8 Å². The molecule has 0 unspecified atom stereocenters. The van der Waals surface area contributed by atoms with Crippen molar-refractivity contribution in [2.24, 2.45) is 4.99 Å². The maximum Gasteiger partial charge on any atom is 0.191 e. The van der Waals surface area contributed by atoms with Crippen LogP contribution in [0.1, 0.15) is 37.3 Å². The lowest BCUT2D eigenvalue weighted by Crippen LogP contribution is -2.48. The highest BCUT2D eigenvalue weighted by Crippen LogP contribution is 2.30. The number of guanidine groups is 1. The first-order chi connectivity index (χ1) is 15.2. The lowest BCUT2D eigenvalue weighted by Gasteiger charge is -2.34. The van der Waals surface area contributed by atoms with Crippen LogP contribution >= 0.6 is 0 Å². The molecule has 1 aromatic heterocycles. The fourth-order valence-corrected chi connectivity index (χ4v) is 4.31. The van der Waals surface area contributed by atoms with Crippen molar-refractivity contribution in [2.45, 2.75) is 51.2 Å². The Morgan fingerprint density at radius 1 is 1.06 bits per heavy atom. The van der Waals surface area contributed by atoms with Gasteiger partial charge in [-0.2, -0.15) is 0 Å². The Balaban J connectivity index is 1.29. The zero-order chi connectivity index (χ0) is 21.6. The number of hydrogen-bond donors (Lipinski definition) is 2. The molecule has 2 aliphatic heterocycles. The Bertz CT molecular complexity index is 881. The smallest absolute Gasteiger partial charge is 0.191 e. The highest BCUT2D eigenvalue weighted by Gasteiger charge is 2.22. The molecule has 2 aromatic rings. The highest BCUT2D eigenvalue weighted by molar-refractivity contribution is 5.79. The molecule has 2 N–H and O–H groups in total. The maximum atomic E-state index is 5.41. The first-order valence-electron chi connectivity index (χ1n) is 11.1. The number of hydrogen-bond acceptors (Lipinski definition) is 6. The van der Waals surface area contributed by atoms with Gasteiger partial charge in [-0.15, -0.1) is 10.2 Å². The van der Waals surface area contributed by atoms with E-state index in [2.05, 4.69) is 47.4 Å². The quantitative estimate of drug-likeness (QED) is 0.538. The Labute approximate surface area is 183 Å². The zero-order valence-corrected chi connectivity index (χ0v) is 18.7. The minimum atomic E-state index is 0.377. The van der Waals surface area contributed by atoms with E-state index in [1.165, 1.54) is 12.8 Å². The fraction of sp³-hybridized carbons (Fsp3) is 0.591. The number of anilines is 1. The van der Waals surface area contributed by atoms with Gasteiger partial charge < -0.3 is 29.6 Å². The van der Waals surface area contributed by atoms with Crippen LogP contribution in [-0.4, -0.2) is 61.1 Å². The van der Waals surface area contributed by atoms with Gasteiger partial charge in [0, 0.05) is 63.0 Å². The van der Waals surface area contributed by atoms with Crippen LogP contribution in [0.4, 0.5) is 5.69 Å². The molecule has 1 aromatic carbocycles. The highest BCUT2D eigenvalue weighted by atomic mass is 16.5. The summed E-state index contributed by atoms with van der Waals surface area (Å²) in [5.74, 6) is 4.53. The molecule has 0 atom stereocenters. The summed E-state index contributed by atoms with van der Waals surface area (Å²) < 4.78 is 13.1. The summed E-state index contributed by atoms with van der Waals surface area (Å²) in [4.78, 5) is 6.78. The third-order valence-electron chi connectivity index (χ3n) is 6.11. The molecular weight excluding hydrogens is 394 g/mol. The molecule has 2 aliphatic rings. The SMILES string of the molecule is CN=C(NCc1nnc2n1CCCC2)NC1CCN(c2cc(OC)cc(OC)c2)CC1. The Kier molecular flexibility index (Phi) is 6.79. The molecule has 1 saturated heterocycles. The number of aliphatic imine (C=N–C) groups is 1. The molecule has 0 amide bonds. The number of aryl methyl sites for hydroxylation is 1. The van der Waals surface area contributed by atoms with Crippen LogP contribution in [0.2, 0.25) is 0 Å². The average molecular weight is 428 g/mol. The molecule has 9 nitrogen and oxygen atoms in total. The minimum Gasteiger partial charge on any atom is -0.497 e. The van der Waals surface area contributed by atoms with Gasteiger partial charge in [-0.3, -0.25) is 4.99 Å². The molecule has 0 radical (unpaired) electrons. The normalized spacial score (nSPS) is 17.3. The number of ether oxygens (including phenoxy) is 2. The van der Waals surface area contributed by atoms with E-state index in [9.17, 15) is 0 Å². The van der Waals surface area contributed by atoms with Crippen LogP contribution in [0.25, 0.3) is 0 Å². The van der Waals surface area contributed by atoms with Gasteiger partial charge in [-0.05, 0) is 25.7 Å². The summed E-state index contributed by atoms with van der Waals surface area (Å²) in [6, 6.07) is 6.41. The summed E-state index contributed by atoms with van der Waals surface area (Å²) in [6.07, 6.45) is 5.48. The number of rotatable bonds is 6. The summed E-state index contributed by atoms with van der Waals surface area (Å²) in [5.41, 5.74) is 1.13. The van der Waals surface area contributed by atoms with Gasteiger partial charge in [0.05, 0.1) is 20.8 Å². The van der Waals surface area contributed by atoms with Gasteiger partial charge >= 0.3 is 0 Å². The minimum absolute atomic E-state index is 0.377. The van der Waals surface area contributed by atoms with Crippen molar-refractivity contribution in [3.8, 4) is 11.5 Å². The number of piperidine rings is 1. The molecule has 168 valence electrons. The van der Waals surface area contributed by atoms with Gasteiger partial charge in [0.15, 0.2) is 11.8 Å². The van der Waals surface area contributed by atoms with Crippen molar-refractivity contribution in [1.29, 1.82) is 0 Å². The van der Waals surface area contributed by atoms with E-state index in [-0.39, 0.29) is 0 Å². The first-order valence-corrected chi connectivity index (χ1v) is 11.1. The zero-order valence-electron chi connectivity index (χ0n) is 18.7. The molecule has 0 aliphatic carbocycles. The van der Waals surface area contributed by atoms with Crippen molar-refractivity contribution < 1.29 is 9.47 Å². The van der Waals surface area contributed by atoms with Gasteiger partial charge in [0.25, 0.3) is 0 Å². The van der Waals surface area contributed by atoms with Crippen molar-refractivity contribution in [3.63, 3.8) is 0 Å². The Morgan fingerprint density at radius 2 is 1.81 bits per heavy atom. The van der Waals surface area contributed by atoms with E-state index in [0.29, 0.717) is 12.6 Å². The van der Waals surface area contributed by atoms with Crippen LogP contribution in [0.5, 0.6) is 11.5 Å². The van der Waals surface area contributed by atoms with Gasteiger partial charge in [-0.25, -0.2) is 0 Å². The molecule has 9 heteroatoms. The van der Waals surface area contributed by atoms with Crippen LogP contribution in [0.15, 0.2) is 23.2 Å². The molecule has 4 rings (SSSR count). The number of aromatic nitrogens is 3. The second kappa shape index (κ2) is 9.89. The topological polar surface area (TPSA) is 88.8 Å². The van der Waals surface area contributed by atoms with Crippen molar-refractivity contribution in [2.75, 3.05) is 39.3 Å². The molecule has 0 spiro atoms. The second-order valence-electron chi connectivity index (χ2n) is 8.04. The van der Waals surface area contributed by atoms with E-state index < -0.39 is 0 Å². The van der Waals surface area contributed by atoms with Crippen molar-refractivity contribution >= 4 is 11.6 Å². The predicted molar refractivity (Wildman–Crippen MR) is 121 cm³/mol. The fourth-order valence-electron chi connectivity index (χ4n) is 4.31. The summed E-state index contributed by atoms with van der Waals surface area (Å²) in [5, 5.41) is 15.7. The largest absolute Gasteiger partial charge is 0.497 e. The Morgan fingerprint density at radius 3 is 2.48 bits per heavy atom. The van der Waals surface area contributed by atoms with E-state index >= 15 is 0 Å². The summed E-state index contributed by atoms with van der Waals surface area (Å²) >= 11 is 0. The third-order valence-corrected chi connectivity index (χ3v) is 6.11. The van der Waals surface area contributed by atoms with E-state index in [0.717, 1.165) is 73.7 Å². The molecule has 0 bridgehead atoms. The first kappa shape index (κ1) is 21.3. The Hall–Kier alpha value is -2.97. The predicted octanol–water partition coefficient (Wildman–Crippen LogP) is 1.97. The van der Waals surface area contributed by atoms with E-state index in [4.69, 9.17) is 9.47 Å². The standard InChI is InChI=1S/C22H33N7O2/c1-23-22(24-15-21-27-26-20-6-4-5-9-29(20)21)25-16-7-10-28(11-8-16)17-12-18(30-2)14-19(13-17)31-3/h12-14,16H,4-11,15H2,1-3H3,(H2,23,24,25). The van der Waals surface area contributed by atoms with Gasteiger partial charge in [0.1, 0.15) is 17.3 Å². The monoisotopic (exact) mass is 427 g/mol. The number of benzene rings is 1. The number of methoxy groups -OCH3 is 2. The van der Waals surface area contributed by atoms with Crippen LogP contribution in [0.3, 0.4) is 0 Å².